The lowest BCUT2D eigenvalue weighted by Crippen LogP contribution is -2.35. The molecule has 0 heterocycles. The minimum atomic E-state index is -0.718. The number of halogens is 1. The van der Waals surface area contributed by atoms with E-state index in [1.807, 2.05) is 0 Å². The lowest BCUT2D eigenvalue weighted by molar-refractivity contribution is -0.139. The number of rotatable bonds is 4. The maximum Gasteiger partial charge on any atom is 0.320 e. The van der Waals surface area contributed by atoms with E-state index in [1.165, 1.54) is 25.7 Å². The summed E-state index contributed by atoms with van der Waals surface area (Å²) < 4.78 is 0. The maximum absolute atomic E-state index is 10.7. The van der Waals surface area contributed by atoms with Crippen molar-refractivity contribution < 1.29 is 9.90 Å². The molecule has 4 heteroatoms. The molecule has 2 N–H and O–H groups in total. The lowest BCUT2D eigenvalue weighted by Gasteiger charge is -2.15. The van der Waals surface area contributed by atoms with Crippen LogP contribution in [0.3, 0.4) is 0 Å². The molecule has 1 aliphatic carbocycles. The van der Waals surface area contributed by atoms with Crippen molar-refractivity contribution in [2.75, 3.05) is 7.05 Å². The zero-order valence-electron chi connectivity index (χ0n) is 7.95. The second kappa shape index (κ2) is 6.22. The Morgan fingerprint density at radius 2 is 2.08 bits per heavy atom. The molecule has 78 valence electrons. The third kappa shape index (κ3) is 3.96. The number of hydrogen-bond donors (Lipinski definition) is 2. The molecule has 13 heavy (non-hydrogen) atoms. The third-order valence-electron chi connectivity index (χ3n) is 2.69. The molecular formula is C9H18ClNO2. The summed E-state index contributed by atoms with van der Waals surface area (Å²) >= 11 is 0. The van der Waals surface area contributed by atoms with Crippen LogP contribution in [-0.2, 0) is 4.79 Å². The van der Waals surface area contributed by atoms with E-state index < -0.39 is 5.97 Å². The highest BCUT2D eigenvalue weighted by atomic mass is 35.5. The first-order valence-corrected chi connectivity index (χ1v) is 4.64. The Morgan fingerprint density at radius 1 is 1.54 bits per heavy atom. The van der Waals surface area contributed by atoms with Gasteiger partial charge in [0.2, 0.25) is 0 Å². The van der Waals surface area contributed by atoms with Gasteiger partial charge < -0.3 is 10.4 Å². The van der Waals surface area contributed by atoms with Gasteiger partial charge >= 0.3 is 5.97 Å². The minimum Gasteiger partial charge on any atom is -0.480 e. The van der Waals surface area contributed by atoms with Crippen molar-refractivity contribution in [2.45, 2.75) is 38.1 Å². The van der Waals surface area contributed by atoms with Gasteiger partial charge in [0.25, 0.3) is 0 Å². The lowest BCUT2D eigenvalue weighted by atomic mass is 9.99. The zero-order chi connectivity index (χ0) is 8.97. The van der Waals surface area contributed by atoms with Crippen molar-refractivity contribution in [3.05, 3.63) is 0 Å². The molecule has 0 unspecified atom stereocenters. The topological polar surface area (TPSA) is 49.3 Å². The molecule has 0 radical (unpaired) electrons. The molecule has 0 bridgehead atoms. The van der Waals surface area contributed by atoms with E-state index >= 15 is 0 Å². The highest BCUT2D eigenvalue weighted by Gasteiger charge is 2.23. The van der Waals surface area contributed by atoms with Gasteiger partial charge in [-0.2, -0.15) is 0 Å². The molecular weight excluding hydrogens is 190 g/mol. The van der Waals surface area contributed by atoms with E-state index in [2.05, 4.69) is 5.32 Å². The van der Waals surface area contributed by atoms with Crippen LogP contribution < -0.4 is 5.32 Å². The van der Waals surface area contributed by atoms with Crippen molar-refractivity contribution in [1.82, 2.24) is 5.32 Å². The number of hydrogen-bond acceptors (Lipinski definition) is 2. The molecule has 0 aliphatic heterocycles. The van der Waals surface area contributed by atoms with Crippen molar-refractivity contribution in [1.29, 1.82) is 0 Å². The number of carboxylic acids is 1. The Labute approximate surface area is 85.3 Å². The summed E-state index contributed by atoms with van der Waals surface area (Å²) in [7, 11) is 1.72. The van der Waals surface area contributed by atoms with Crippen LogP contribution in [0.4, 0.5) is 0 Å². The first-order valence-electron chi connectivity index (χ1n) is 4.64. The van der Waals surface area contributed by atoms with Gasteiger partial charge in [-0.05, 0) is 19.4 Å². The van der Waals surface area contributed by atoms with Crippen LogP contribution >= 0.6 is 12.4 Å². The highest BCUT2D eigenvalue weighted by Crippen LogP contribution is 2.28. The molecule has 0 spiro atoms. The number of nitrogens with one attached hydrogen (secondary N) is 1. The van der Waals surface area contributed by atoms with Gasteiger partial charge in [-0.1, -0.05) is 25.7 Å². The first-order chi connectivity index (χ1) is 5.74. The molecule has 1 rings (SSSR count). The number of aliphatic carboxylic acids is 1. The van der Waals surface area contributed by atoms with Gasteiger partial charge in [0.15, 0.2) is 0 Å². The van der Waals surface area contributed by atoms with Gasteiger partial charge in [-0.15, -0.1) is 12.4 Å². The smallest absolute Gasteiger partial charge is 0.320 e. The van der Waals surface area contributed by atoms with E-state index in [-0.39, 0.29) is 18.4 Å². The standard InChI is InChI=1S/C9H17NO2.ClH/c1-10-8(9(11)12)6-7-4-2-3-5-7;/h7-8,10H,2-6H2,1H3,(H,11,12);1H/t8-;/m0./s1. The maximum atomic E-state index is 10.7. The number of carbonyl (C=O) groups is 1. The van der Waals surface area contributed by atoms with Crippen LogP contribution in [-0.4, -0.2) is 24.2 Å². The first kappa shape index (κ1) is 12.7. The van der Waals surface area contributed by atoms with Gasteiger partial charge in [0, 0.05) is 0 Å². The summed E-state index contributed by atoms with van der Waals surface area (Å²) in [5.74, 6) is -0.0806. The molecule has 0 saturated heterocycles. The molecule has 3 nitrogen and oxygen atoms in total. The second-order valence-electron chi connectivity index (χ2n) is 3.57. The average Bonchev–Trinajstić information content (AvgIpc) is 2.51. The highest BCUT2D eigenvalue weighted by molar-refractivity contribution is 5.85. The summed E-state index contributed by atoms with van der Waals surface area (Å²) in [5, 5.41) is 11.6. The predicted molar refractivity (Wildman–Crippen MR) is 54.3 cm³/mol. The Hall–Kier alpha value is -0.280. The quantitative estimate of drug-likeness (QED) is 0.737. The SMILES string of the molecule is CN[C@@H](CC1CCCC1)C(=O)O.Cl. The zero-order valence-corrected chi connectivity index (χ0v) is 8.77. The molecule has 1 fully saturated rings. The Kier molecular flexibility index (Phi) is 6.08. The second-order valence-corrected chi connectivity index (χ2v) is 3.57. The summed E-state index contributed by atoms with van der Waals surface area (Å²) in [6.45, 7) is 0. The van der Waals surface area contributed by atoms with Gasteiger partial charge in [0.1, 0.15) is 6.04 Å². The summed E-state index contributed by atoms with van der Waals surface area (Å²) in [6, 6.07) is -0.340. The minimum absolute atomic E-state index is 0. The number of likely N-dealkylation sites (N-methyl/N-ethyl adjacent to an activating group) is 1. The van der Waals surface area contributed by atoms with E-state index in [1.54, 1.807) is 7.05 Å². The monoisotopic (exact) mass is 207 g/mol. The van der Waals surface area contributed by atoms with Crippen LogP contribution in [0.2, 0.25) is 0 Å². The fourth-order valence-electron chi connectivity index (χ4n) is 1.92. The van der Waals surface area contributed by atoms with E-state index in [0.717, 1.165) is 6.42 Å². The predicted octanol–water partition coefficient (Wildman–Crippen LogP) is 1.66. The molecule has 0 aromatic carbocycles. The Balaban J connectivity index is 0.00000144. The average molecular weight is 208 g/mol. The molecule has 1 aliphatic rings. The van der Waals surface area contributed by atoms with Crippen LogP contribution in [0.15, 0.2) is 0 Å². The normalized spacial score (nSPS) is 19.5. The van der Waals surface area contributed by atoms with E-state index in [0.29, 0.717) is 5.92 Å². The third-order valence-corrected chi connectivity index (χ3v) is 2.69. The summed E-state index contributed by atoms with van der Waals surface area (Å²) in [6.07, 6.45) is 5.78. The number of carboxylic acid groups (broad SMARTS) is 1. The molecule has 1 atom stereocenters. The van der Waals surface area contributed by atoms with E-state index in [4.69, 9.17) is 5.11 Å². The fraction of sp³-hybridized carbons (Fsp3) is 0.889. The van der Waals surface area contributed by atoms with Gasteiger partial charge in [-0.25, -0.2) is 0 Å². The largest absolute Gasteiger partial charge is 0.480 e. The van der Waals surface area contributed by atoms with Crippen LogP contribution in [0.1, 0.15) is 32.1 Å². The summed E-state index contributed by atoms with van der Waals surface area (Å²) in [5.41, 5.74) is 0. The van der Waals surface area contributed by atoms with Crippen molar-refractivity contribution >= 4 is 18.4 Å². The van der Waals surface area contributed by atoms with Gasteiger partial charge in [0.05, 0.1) is 0 Å². The fourth-order valence-corrected chi connectivity index (χ4v) is 1.92. The molecule has 0 aromatic heterocycles. The molecule has 0 amide bonds. The Morgan fingerprint density at radius 3 is 2.46 bits per heavy atom. The van der Waals surface area contributed by atoms with Crippen molar-refractivity contribution in [2.24, 2.45) is 5.92 Å². The van der Waals surface area contributed by atoms with Crippen LogP contribution in [0.25, 0.3) is 0 Å². The van der Waals surface area contributed by atoms with Crippen LogP contribution in [0.5, 0.6) is 0 Å². The van der Waals surface area contributed by atoms with Crippen LogP contribution in [0, 0.1) is 5.92 Å². The molecule has 0 aromatic rings. The Bertz CT molecular complexity index is 158. The van der Waals surface area contributed by atoms with Crippen molar-refractivity contribution in [3.8, 4) is 0 Å². The van der Waals surface area contributed by atoms with E-state index in [9.17, 15) is 4.79 Å². The van der Waals surface area contributed by atoms with Crippen molar-refractivity contribution in [3.63, 3.8) is 0 Å². The summed E-state index contributed by atoms with van der Waals surface area (Å²) in [4.78, 5) is 10.7. The molecule has 1 saturated carbocycles. The van der Waals surface area contributed by atoms with Gasteiger partial charge in [-0.3, -0.25) is 4.79 Å².